The maximum Gasteiger partial charge on any atom is 0.254 e. The summed E-state index contributed by atoms with van der Waals surface area (Å²) in [5.41, 5.74) is 3.15. The highest BCUT2D eigenvalue weighted by Crippen LogP contribution is 2.23. The van der Waals surface area contributed by atoms with Gasteiger partial charge in [0.25, 0.3) is 5.91 Å². The molecule has 7 heteroatoms. The first-order valence-electron chi connectivity index (χ1n) is 9.20. The number of ether oxygens (including phenoxy) is 1. The summed E-state index contributed by atoms with van der Waals surface area (Å²) in [5.74, 6) is 0.273. The summed E-state index contributed by atoms with van der Waals surface area (Å²) >= 11 is 0. The fourth-order valence-electron chi connectivity index (χ4n) is 3.55. The zero-order valence-corrected chi connectivity index (χ0v) is 15.9. The van der Waals surface area contributed by atoms with E-state index in [0.717, 1.165) is 16.7 Å². The minimum atomic E-state index is -0.225. The van der Waals surface area contributed by atoms with Crippen LogP contribution >= 0.6 is 0 Å². The molecule has 1 atom stereocenters. The number of carbonyl (C=O) groups excluding carboxylic acids is 2. The zero-order valence-electron chi connectivity index (χ0n) is 15.9. The Hall–Kier alpha value is -3.35. The van der Waals surface area contributed by atoms with Crippen LogP contribution in [0.1, 0.15) is 16.8 Å². The summed E-state index contributed by atoms with van der Waals surface area (Å²) in [4.78, 5) is 31.4. The fraction of sp³-hybridized carbons (Fsp3) is 0.286. The highest BCUT2D eigenvalue weighted by Gasteiger charge is 2.31. The molecular formula is C21H22N4O3. The van der Waals surface area contributed by atoms with Crippen LogP contribution in [0.5, 0.6) is 5.75 Å². The van der Waals surface area contributed by atoms with E-state index in [9.17, 15) is 9.59 Å². The lowest BCUT2D eigenvalue weighted by Gasteiger charge is -2.17. The molecule has 4 rings (SSSR count). The number of fused-ring (bicyclic) bond motifs is 1. The summed E-state index contributed by atoms with van der Waals surface area (Å²) in [6, 6.07) is 12.7. The minimum Gasteiger partial charge on any atom is -0.497 e. The average Bonchev–Trinajstić information content (AvgIpc) is 3.35. The SMILES string of the molecule is COc1cccc(C(=O)N2CCC(C(=O)Nc3ccc4ncn(C)c4c3)C2)c1. The molecule has 0 radical (unpaired) electrons. The van der Waals surface area contributed by atoms with Crippen LogP contribution in [0, 0.1) is 5.92 Å². The Morgan fingerprint density at radius 2 is 2.07 bits per heavy atom. The van der Waals surface area contributed by atoms with Crippen molar-refractivity contribution in [3.8, 4) is 5.75 Å². The van der Waals surface area contributed by atoms with Crippen LogP contribution in [0.15, 0.2) is 48.8 Å². The number of hydrogen-bond donors (Lipinski definition) is 1. The number of benzene rings is 2. The molecule has 0 spiro atoms. The van der Waals surface area contributed by atoms with Gasteiger partial charge in [-0.15, -0.1) is 0 Å². The van der Waals surface area contributed by atoms with Gasteiger partial charge in [0.1, 0.15) is 5.75 Å². The van der Waals surface area contributed by atoms with Gasteiger partial charge in [-0.2, -0.15) is 0 Å². The van der Waals surface area contributed by atoms with E-state index in [1.54, 1.807) is 42.6 Å². The zero-order chi connectivity index (χ0) is 19.7. The molecule has 2 aromatic carbocycles. The molecule has 144 valence electrons. The molecule has 2 heterocycles. The van der Waals surface area contributed by atoms with Crippen LogP contribution in [-0.2, 0) is 11.8 Å². The van der Waals surface area contributed by atoms with Gasteiger partial charge in [0.05, 0.1) is 30.4 Å². The van der Waals surface area contributed by atoms with Gasteiger partial charge in [-0.3, -0.25) is 9.59 Å². The second-order valence-corrected chi connectivity index (χ2v) is 7.02. The molecule has 1 aromatic heterocycles. The lowest BCUT2D eigenvalue weighted by atomic mass is 10.1. The molecule has 1 aliphatic rings. The third-order valence-electron chi connectivity index (χ3n) is 5.16. The molecule has 1 unspecified atom stereocenters. The van der Waals surface area contributed by atoms with Crippen LogP contribution in [0.25, 0.3) is 11.0 Å². The van der Waals surface area contributed by atoms with Crippen LogP contribution in [0.4, 0.5) is 5.69 Å². The summed E-state index contributed by atoms with van der Waals surface area (Å²) in [7, 11) is 3.49. The summed E-state index contributed by atoms with van der Waals surface area (Å²) in [6.07, 6.45) is 2.39. The maximum atomic E-state index is 12.7. The van der Waals surface area contributed by atoms with Gasteiger partial charge in [0, 0.05) is 31.4 Å². The topological polar surface area (TPSA) is 76.5 Å². The lowest BCUT2D eigenvalue weighted by molar-refractivity contribution is -0.119. The second-order valence-electron chi connectivity index (χ2n) is 7.02. The van der Waals surface area contributed by atoms with Crippen LogP contribution < -0.4 is 10.1 Å². The number of likely N-dealkylation sites (tertiary alicyclic amines) is 1. The van der Waals surface area contributed by atoms with Crippen molar-refractivity contribution < 1.29 is 14.3 Å². The Morgan fingerprint density at radius 3 is 2.89 bits per heavy atom. The van der Waals surface area contributed by atoms with Crippen molar-refractivity contribution >= 4 is 28.5 Å². The van der Waals surface area contributed by atoms with E-state index in [0.29, 0.717) is 30.8 Å². The van der Waals surface area contributed by atoms with E-state index < -0.39 is 0 Å². The molecule has 0 saturated carbocycles. The predicted molar refractivity (Wildman–Crippen MR) is 106 cm³/mol. The first-order chi connectivity index (χ1) is 13.5. The van der Waals surface area contributed by atoms with Crippen molar-refractivity contribution in [2.45, 2.75) is 6.42 Å². The average molecular weight is 378 g/mol. The molecule has 2 amide bonds. The number of nitrogens with zero attached hydrogens (tertiary/aromatic N) is 3. The number of rotatable bonds is 4. The highest BCUT2D eigenvalue weighted by molar-refractivity contribution is 5.97. The van der Waals surface area contributed by atoms with Crippen molar-refractivity contribution in [2.75, 3.05) is 25.5 Å². The molecule has 7 nitrogen and oxygen atoms in total. The maximum absolute atomic E-state index is 12.7. The Kier molecular flexibility index (Phi) is 4.73. The standard InChI is InChI=1S/C21H22N4O3/c1-24-13-22-18-7-6-16(11-19(18)24)23-20(26)15-8-9-25(12-15)21(27)14-4-3-5-17(10-14)28-2/h3-7,10-11,13,15H,8-9,12H2,1-2H3,(H,23,26). The van der Waals surface area contributed by atoms with Gasteiger partial charge in [0.2, 0.25) is 5.91 Å². The summed E-state index contributed by atoms with van der Waals surface area (Å²) < 4.78 is 7.10. The molecule has 1 N–H and O–H groups in total. The van der Waals surface area contributed by atoms with E-state index in [1.165, 1.54) is 0 Å². The number of amides is 2. The minimum absolute atomic E-state index is 0.0672. The van der Waals surface area contributed by atoms with Crippen molar-refractivity contribution in [1.29, 1.82) is 0 Å². The highest BCUT2D eigenvalue weighted by atomic mass is 16.5. The van der Waals surface area contributed by atoms with E-state index >= 15 is 0 Å². The quantitative estimate of drug-likeness (QED) is 0.757. The summed E-state index contributed by atoms with van der Waals surface area (Å²) in [5, 5.41) is 2.97. The molecular weight excluding hydrogens is 356 g/mol. The molecule has 1 saturated heterocycles. The van der Waals surface area contributed by atoms with Crippen LogP contribution in [0.3, 0.4) is 0 Å². The molecule has 0 bridgehead atoms. The van der Waals surface area contributed by atoms with E-state index in [-0.39, 0.29) is 17.7 Å². The lowest BCUT2D eigenvalue weighted by Crippen LogP contribution is -2.31. The molecule has 28 heavy (non-hydrogen) atoms. The van der Waals surface area contributed by atoms with Crippen molar-refractivity contribution in [3.05, 3.63) is 54.4 Å². The van der Waals surface area contributed by atoms with Gasteiger partial charge in [-0.1, -0.05) is 6.07 Å². The van der Waals surface area contributed by atoms with Crippen molar-refractivity contribution in [2.24, 2.45) is 13.0 Å². The molecule has 0 aliphatic carbocycles. The first-order valence-corrected chi connectivity index (χ1v) is 9.20. The normalized spacial score (nSPS) is 16.4. The largest absolute Gasteiger partial charge is 0.497 e. The van der Waals surface area contributed by atoms with E-state index in [1.807, 2.05) is 29.8 Å². The fourth-order valence-corrected chi connectivity index (χ4v) is 3.55. The Labute approximate surface area is 162 Å². The van der Waals surface area contributed by atoms with Crippen LogP contribution in [0.2, 0.25) is 0 Å². The number of aryl methyl sites for hydroxylation is 1. The number of imidazole rings is 1. The first kappa shape index (κ1) is 18.0. The predicted octanol–water partition coefficient (Wildman–Crippen LogP) is 2.68. The summed E-state index contributed by atoms with van der Waals surface area (Å²) in [6.45, 7) is 0.977. The van der Waals surface area contributed by atoms with E-state index in [2.05, 4.69) is 10.3 Å². The molecule has 3 aromatic rings. The number of carbonyl (C=O) groups is 2. The van der Waals surface area contributed by atoms with E-state index in [4.69, 9.17) is 4.74 Å². The number of hydrogen-bond acceptors (Lipinski definition) is 4. The molecule has 1 aliphatic heterocycles. The number of nitrogens with one attached hydrogen (secondary N) is 1. The Bertz CT molecular complexity index is 1040. The Morgan fingerprint density at radius 1 is 1.21 bits per heavy atom. The van der Waals surface area contributed by atoms with Gasteiger partial charge in [-0.05, 0) is 42.8 Å². The van der Waals surface area contributed by atoms with Gasteiger partial charge >= 0.3 is 0 Å². The monoisotopic (exact) mass is 378 g/mol. The van der Waals surface area contributed by atoms with Crippen molar-refractivity contribution in [1.82, 2.24) is 14.5 Å². The van der Waals surface area contributed by atoms with Gasteiger partial charge in [-0.25, -0.2) is 4.98 Å². The molecule has 1 fully saturated rings. The number of aromatic nitrogens is 2. The Balaban J connectivity index is 1.42. The second kappa shape index (κ2) is 7.34. The number of methoxy groups -OCH3 is 1. The van der Waals surface area contributed by atoms with Crippen molar-refractivity contribution in [3.63, 3.8) is 0 Å². The van der Waals surface area contributed by atoms with Gasteiger partial charge < -0.3 is 19.5 Å². The third-order valence-corrected chi connectivity index (χ3v) is 5.16. The third kappa shape index (κ3) is 3.43. The van der Waals surface area contributed by atoms with Crippen LogP contribution in [-0.4, -0.2) is 46.5 Å². The smallest absolute Gasteiger partial charge is 0.254 e. The van der Waals surface area contributed by atoms with Gasteiger partial charge in [0.15, 0.2) is 0 Å². The number of anilines is 1.